The van der Waals surface area contributed by atoms with Crippen molar-refractivity contribution in [2.45, 2.75) is 37.4 Å². The molecule has 0 unspecified atom stereocenters. The zero-order chi connectivity index (χ0) is 23.8. The molecule has 0 radical (unpaired) electrons. The Kier molecular flexibility index (Phi) is 21.1. The predicted octanol–water partition coefficient (Wildman–Crippen LogP) is -2.32. The minimum absolute atomic E-state index is 0. The predicted molar refractivity (Wildman–Crippen MR) is 124 cm³/mol. The fraction of sp³-hybridized carbons (Fsp3) is 1.00. The van der Waals surface area contributed by atoms with Crippen molar-refractivity contribution in [1.82, 2.24) is 0 Å². The fourth-order valence-electron chi connectivity index (χ4n) is 3.71. The molecule has 0 spiro atoms. The molecule has 0 aromatic rings. The third-order valence-corrected chi connectivity index (χ3v) is 14.3. The van der Waals surface area contributed by atoms with Gasteiger partial charge in [0.25, 0.3) is 0 Å². The van der Waals surface area contributed by atoms with E-state index in [-0.39, 0.29) is 24.0 Å². The summed E-state index contributed by atoms with van der Waals surface area (Å²) in [4.78, 5) is 1.48. The van der Waals surface area contributed by atoms with Gasteiger partial charge in [0, 0.05) is 101 Å². The highest BCUT2D eigenvalue weighted by Gasteiger charge is 2.40. The standard InChI is InChI=1S/C18H45NO9Si3.HI/c1-20-29(21-2,22-3)16-10-13-19(14-11-17-30(23-4,24-5)25-6)15-12-18-31(26-7,27-8)28-9;/h10-18H2,1-9H3;1H. The van der Waals surface area contributed by atoms with Crippen molar-refractivity contribution >= 4 is 26.4 Å². The summed E-state index contributed by atoms with van der Waals surface area (Å²) in [5.41, 5.74) is 0. The molecule has 0 saturated carbocycles. The van der Waals surface area contributed by atoms with E-state index >= 15 is 0 Å². The summed E-state index contributed by atoms with van der Waals surface area (Å²) in [5, 5.41) is 0. The van der Waals surface area contributed by atoms with Crippen LogP contribution >= 0.6 is 0 Å². The minimum Gasteiger partial charge on any atom is -1.00 e. The monoisotopic (exact) mass is 631 g/mol. The summed E-state index contributed by atoms with van der Waals surface area (Å²) in [7, 11) is 7.18. The lowest BCUT2D eigenvalue weighted by atomic mass is 10.3. The highest BCUT2D eigenvalue weighted by atomic mass is 127. The molecule has 10 nitrogen and oxygen atoms in total. The lowest BCUT2D eigenvalue weighted by Crippen LogP contribution is -3.12. The molecule has 0 aliphatic heterocycles. The van der Waals surface area contributed by atoms with E-state index in [1.54, 1.807) is 64.0 Å². The first kappa shape index (κ1) is 35.1. The van der Waals surface area contributed by atoms with E-state index in [1.807, 2.05) is 0 Å². The van der Waals surface area contributed by atoms with Gasteiger partial charge in [-0.2, -0.15) is 0 Å². The van der Waals surface area contributed by atoms with Crippen molar-refractivity contribution in [2.75, 3.05) is 83.6 Å². The highest BCUT2D eigenvalue weighted by Crippen LogP contribution is 2.16. The molecule has 196 valence electrons. The van der Waals surface area contributed by atoms with Crippen LogP contribution in [0, 0.1) is 0 Å². The summed E-state index contributed by atoms with van der Waals surface area (Å²) in [6, 6.07) is 2.33. The van der Waals surface area contributed by atoms with E-state index in [4.69, 9.17) is 39.8 Å². The Morgan fingerprint density at radius 2 is 0.594 bits per heavy atom. The lowest BCUT2D eigenvalue weighted by molar-refractivity contribution is -0.900. The van der Waals surface area contributed by atoms with Crippen molar-refractivity contribution in [3.63, 3.8) is 0 Å². The van der Waals surface area contributed by atoms with E-state index in [2.05, 4.69) is 0 Å². The Labute approximate surface area is 215 Å². The van der Waals surface area contributed by atoms with Crippen LogP contribution in [0.25, 0.3) is 0 Å². The molecule has 0 bridgehead atoms. The van der Waals surface area contributed by atoms with E-state index in [9.17, 15) is 0 Å². The first-order chi connectivity index (χ1) is 14.8. The molecule has 0 aliphatic carbocycles. The van der Waals surface area contributed by atoms with Crippen LogP contribution in [0.2, 0.25) is 18.1 Å². The van der Waals surface area contributed by atoms with Gasteiger partial charge in [-0.1, -0.05) is 0 Å². The molecule has 0 heterocycles. The average Bonchev–Trinajstić information content (AvgIpc) is 2.83. The SMILES string of the molecule is CO[Si](CCC[NH+](CCC[Si](OC)(OC)OC)CCC[Si](OC)(OC)OC)(OC)OC.[I-]. The molecular formula is C18H46INO9Si3. The van der Waals surface area contributed by atoms with Gasteiger partial charge in [-0.15, -0.1) is 0 Å². The van der Waals surface area contributed by atoms with Crippen molar-refractivity contribution in [2.24, 2.45) is 0 Å². The van der Waals surface area contributed by atoms with Gasteiger partial charge in [0.2, 0.25) is 0 Å². The van der Waals surface area contributed by atoms with Gasteiger partial charge in [-0.25, -0.2) is 0 Å². The molecule has 0 amide bonds. The van der Waals surface area contributed by atoms with Crippen molar-refractivity contribution < 1.29 is 68.7 Å². The van der Waals surface area contributed by atoms with Crippen LogP contribution in [0.15, 0.2) is 0 Å². The zero-order valence-electron chi connectivity index (χ0n) is 21.4. The minimum atomic E-state index is -2.56. The Hall–Kier alpha value is 0.981. The third-order valence-electron chi connectivity index (χ3n) is 5.84. The van der Waals surface area contributed by atoms with Crippen LogP contribution in [-0.4, -0.2) is 110 Å². The number of quaternary nitrogens is 1. The first-order valence-corrected chi connectivity index (χ1v) is 16.4. The second-order valence-corrected chi connectivity index (χ2v) is 16.5. The number of rotatable bonds is 21. The number of hydrogen-bond donors (Lipinski definition) is 1. The summed E-state index contributed by atoms with van der Waals surface area (Å²) in [5.74, 6) is 0. The van der Waals surface area contributed by atoms with Crippen LogP contribution < -0.4 is 28.9 Å². The lowest BCUT2D eigenvalue weighted by Gasteiger charge is -2.28. The van der Waals surface area contributed by atoms with Gasteiger partial charge in [0.1, 0.15) is 0 Å². The maximum Gasteiger partial charge on any atom is 0.500 e. The van der Waals surface area contributed by atoms with Gasteiger partial charge in [-0.05, 0) is 0 Å². The van der Waals surface area contributed by atoms with Crippen LogP contribution in [0.5, 0.6) is 0 Å². The van der Waals surface area contributed by atoms with Crippen LogP contribution in [-0.2, 0) is 39.8 Å². The van der Waals surface area contributed by atoms with E-state index in [1.165, 1.54) is 4.90 Å². The summed E-state index contributed by atoms with van der Waals surface area (Å²) in [6.07, 6.45) is 2.83. The molecule has 0 aliphatic rings. The van der Waals surface area contributed by atoms with Crippen molar-refractivity contribution in [3.05, 3.63) is 0 Å². The maximum atomic E-state index is 5.55. The van der Waals surface area contributed by atoms with Crippen LogP contribution in [0.3, 0.4) is 0 Å². The molecule has 32 heavy (non-hydrogen) atoms. The number of hydrogen-bond acceptors (Lipinski definition) is 9. The average molecular weight is 632 g/mol. The molecule has 0 saturated heterocycles. The first-order valence-electron chi connectivity index (χ1n) is 10.6. The van der Waals surface area contributed by atoms with Crippen LogP contribution in [0.1, 0.15) is 19.3 Å². The molecular weight excluding hydrogens is 585 g/mol. The quantitative estimate of drug-likeness (QED) is 0.111. The summed E-state index contributed by atoms with van der Waals surface area (Å²) < 4.78 is 50.0. The second kappa shape index (κ2) is 19.2. The Bertz CT molecular complexity index is 359. The summed E-state index contributed by atoms with van der Waals surface area (Å²) in [6.45, 7) is 2.94. The Balaban J connectivity index is 0. The highest BCUT2D eigenvalue weighted by molar-refractivity contribution is 6.61. The Morgan fingerprint density at radius 3 is 0.750 bits per heavy atom. The van der Waals surface area contributed by atoms with E-state index < -0.39 is 26.4 Å². The van der Waals surface area contributed by atoms with Gasteiger partial charge in [0.15, 0.2) is 0 Å². The maximum absolute atomic E-state index is 5.55. The van der Waals surface area contributed by atoms with Crippen LogP contribution in [0.4, 0.5) is 0 Å². The van der Waals surface area contributed by atoms with Gasteiger partial charge < -0.3 is 68.7 Å². The van der Waals surface area contributed by atoms with E-state index in [0.29, 0.717) is 0 Å². The molecule has 0 aromatic heterocycles. The topological polar surface area (TPSA) is 87.5 Å². The normalized spacial score (nSPS) is 12.9. The molecule has 0 rings (SSSR count). The molecule has 14 heteroatoms. The van der Waals surface area contributed by atoms with Gasteiger partial charge >= 0.3 is 26.4 Å². The smallest absolute Gasteiger partial charge is 0.500 e. The van der Waals surface area contributed by atoms with E-state index in [0.717, 1.165) is 57.0 Å². The molecule has 0 fully saturated rings. The second-order valence-electron chi connectivity index (χ2n) is 7.20. The number of nitrogens with one attached hydrogen (secondary N) is 1. The molecule has 0 atom stereocenters. The summed E-state index contributed by atoms with van der Waals surface area (Å²) >= 11 is 0. The fourth-order valence-corrected chi connectivity index (χ4v) is 8.87. The van der Waals surface area contributed by atoms with Crippen molar-refractivity contribution in [3.8, 4) is 0 Å². The number of halogens is 1. The molecule has 1 N–H and O–H groups in total. The largest absolute Gasteiger partial charge is 1.00 e. The van der Waals surface area contributed by atoms with Crippen molar-refractivity contribution in [1.29, 1.82) is 0 Å². The van der Waals surface area contributed by atoms with Gasteiger partial charge in [0.05, 0.1) is 19.6 Å². The zero-order valence-corrected chi connectivity index (χ0v) is 26.6. The Morgan fingerprint density at radius 1 is 0.406 bits per heavy atom. The molecule has 0 aromatic carbocycles. The van der Waals surface area contributed by atoms with Gasteiger partial charge in [-0.3, -0.25) is 0 Å². The third kappa shape index (κ3) is 11.6.